The molecule has 0 aliphatic carbocycles. The van der Waals surface area contributed by atoms with Crippen molar-refractivity contribution < 1.29 is 14.6 Å². The molecular weight excluding hydrogens is 330 g/mol. The molecule has 0 unspecified atom stereocenters. The van der Waals surface area contributed by atoms with E-state index in [1.165, 1.54) is 5.56 Å². The Morgan fingerprint density at radius 1 is 0.846 bits per heavy atom. The number of hydrogen-bond donors (Lipinski definition) is 2. The van der Waals surface area contributed by atoms with Crippen molar-refractivity contribution in [3.63, 3.8) is 0 Å². The summed E-state index contributed by atoms with van der Waals surface area (Å²) >= 11 is 0. The van der Waals surface area contributed by atoms with Crippen LogP contribution in [0.15, 0.2) is 59.1 Å². The monoisotopic (exact) mass is 353 g/mol. The second-order valence-electron chi connectivity index (χ2n) is 6.34. The zero-order chi connectivity index (χ0) is 18.2. The SMILES string of the molecule is OC(O)(CCCCCCc1ccccc1)c1nnc(-c2ccccn2)o1. The van der Waals surface area contributed by atoms with Gasteiger partial charge < -0.3 is 14.6 Å². The quantitative estimate of drug-likeness (QED) is 0.452. The lowest BCUT2D eigenvalue weighted by Gasteiger charge is -2.16. The highest BCUT2D eigenvalue weighted by atomic mass is 16.5. The third kappa shape index (κ3) is 4.97. The van der Waals surface area contributed by atoms with E-state index in [-0.39, 0.29) is 18.2 Å². The molecule has 0 atom stereocenters. The fraction of sp³-hybridized carbons (Fsp3) is 0.350. The first-order chi connectivity index (χ1) is 12.6. The van der Waals surface area contributed by atoms with Crippen molar-refractivity contribution in [1.29, 1.82) is 0 Å². The minimum absolute atomic E-state index is 0.155. The van der Waals surface area contributed by atoms with Gasteiger partial charge in [-0.05, 0) is 37.0 Å². The Labute approximate surface area is 152 Å². The van der Waals surface area contributed by atoms with Crippen LogP contribution in [0, 0.1) is 0 Å². The van der Waals surface area contributed by atoms with Gasteiger partial charge in [0, 0.05) is 12.6 Å². The zero-order valence-electron chi connectivity index (χ0n) is 14.6. The molecule has 0 spiro atoms. The van der Waals surface area contributed by atoms with Crippen LogP contribution in [0.25, 0.3) is 11.6 Å². The van der Waals surface area contributed by atoms with Crippen LogP contribution in [0.5, 0.6) is 0 Å². The minimum atomic E-state index is -2.11. The van der Waals surface area contributed by atoms with Gasteiger partial charge in [-0.1, -0.05) is 49.2 Å². The number of rotatable bonds is 9. The summed E-state index contributed by atoms with van der Waals surface area (Å²) < 4.78 is 5.39. The molecule has 136 valence electrons. The third-order valence-corrected chi connectivity index (χ3v) is 4.24. The van der Waals surface area contributed by atoms with Crippen LogP contribution in [0.2, 0.25) is 0 Å². The van der Waals surface area contributed by atoms with Crippen molar-refractivity contribution in [2.75, 3.05) is 0 Å². The maximum absolute atomic E-state index is 10.2. The van der Waals surface area contributed by atoms with Crippen LogP contribution in [0.1, 0.15) is 43.6 Å². The molecular formula is C20H23N3O3. The molecule has 3 aromatic rings. The molecule has 6 nitrogen and oxygen atoms in total. The molecule has 0 saturated carbocycles. The summed E-state index contributed by atoms with van der Waals surface area (Å²) in [7, 11) is 0. The van der Waals surface area contributed by atoms with Gasteiger partial charge in [-0.15, -0.1) is 10.2 Å². The van der Waals surface area contributed by atoms with Gasteiger partial charge in [0.15, 0.2) is 0 Å². The minimum Gasteiger partial charge on any atom is -0.414 e. The van der Waals surface area contributed by atoms with E-state index >= 15 is 0 Å². The normalized spacial score (nSPS) is 11.6. The lowest BCUT2D eigenvalue weighted by molar-refractivity contribution is -0.191. The van der Waals surface area contributed by atoms with Crippen LogP contribution < -0.4 is 0 Å². The average Bonchev–Trinajstić information content (AvgIpc) is 3.17. The number of pyridine rings is 1. The Morgan fingerprint density at radius 3 is 2.38 bits per heavy atom. The van der Waals surface area contributed by atoms with Gasteiger partial charge in [0.1, 0.15) is 5.69 Å². The zero-order valence-corrected chi connectivity index (χ0v) is 14.6. The van der Waals surface area contributed by atoms with Crippen molar-refractivity contribution in [2.45, 2.75) is 44.3 Å². The van der Waals surface area contributed by atoms with Gasteiger partial charge in [-0.2, -0.15) is 0 Å². The summed E-state index contributed by atoms with van der Waals surface area (Å²) in [4.78, 5) is 4.11. The van der Waals surface area contributed by atoms with Gasteiger partial charge in [-0.25, -0.2) is 0 Å². The van der Waals surface area contributed by atoms with Gasteiger partial charge in [0.2, 0.25) is 5.79 Å². The van der Waals surface area contributed by atoms with E-state index in [9.17, 15) is 10.2 Å². The molecule has 0 fully saturated rings. The highest BCUT2D eigenvalue weighted by Crippen LogP contribution is 2.26. The van der Waals surface area contributed by atoms with Crippen molar-refractivity contribution in [2.24, 2.45) is 0 Å². The fourth-order valence-electron chi connectivity index (χ4n) is 2.78. The maximum Gasteiger partial charge on any atom is 0.276 e. The summed E-state index contributed by atoms with van der Waals surface area (Å²) in [5.41, 5.74) is 1.84. The first kappa shape index (κ1) is 18.2. The topological polar surface area (TPSA) is 92.3 Å². The van der Waals surface area contributed by atoms with Crippen LogP contribution >= 0.6 is 0 Å². The summed E-state index contributed by atoms with van der Waals surface area (Å²) in [5, 5.41) is 28.0. The molecule has 6 heteroatoms. The molecule has 2 N–H and O–H groups in total. The summed E-state index contributed by atoms with van der Waals surface area (Å²) in [6.45, 7) is 0. The van der Waals surface area contributed by atoms with Crippen molar-refractivity contribution in [3.05, 3.63) is 66.2 Å². The van der Waals surface area contributed by atoms with Gasteiger partial charge in [0.05, 0.1) is 0 Å². The van der Waals surface area contributed by atoms with Crippen LogP contribution in [0.4, 0.5) is 0 Å². The number of hydrogen-bond acceptors (Lipinski definition) is 6. The van der Waals surface area contributed by atoms with E-state index in [0.29, 0.717) is 12.1 Å². The molecule has 2 heterocycles. The molecule has 2 aromatic heterocycles. The standard InChI is InChI=1S/C20H23N3O3/c24-20(25,14-8-2-1-4-10-16-11-5-3-6-12-16)19-23-22-18(26-19)17-13-7-9-15-21-17/h3,5-7,9,11-13,15,24-25H,1-2,4,8,10,14H2. The summed E-state index contributed by atoms with van der Waals surface area (Å²) in [6.07, 6.45) is 6.51. The van der Waals surface area contributed by atoms with E-state index < -0.39 is 5.79 Å². The van der Waals surface area contributed by atoms with Crippen LogP contribution in [0.3, 0.4) is 0 Å². The predicted octanol–water partition coefficient (Wildman–Crippen LogP) is 3.46. The van der Waals surface area contributed by atoms with Crippen molar-refractivity contribution in [1.82, 2.24) is 15.2 Å². The molecule has 3 rings (SSSR count). The highest BCUT2D eigenvalue weighted by Gasteiger charge is 2.32. The smallest absolute Gasteiger partial charge is 0.276 e. The average molecular weight is 353 g/mol. The number of unbranched alkanes of at least 4 members (excludes halogenated alkanes) is 3. The molecule has 0 amide bonds. The Morgan fingerprint density at radius 2 is 1.62 bits per heavy atom. The second-order valence-corrected chi connectivity index (χ2v) is 6.34. The van der Waals surface area contributed by atoms with E-state index in [4.69, 9.17) is 4.42 Å². The first-order valence-corrected chi connectivity index (χ1v) is 8.89. The fourth-order valence-corrected chi connectivity index (χ4v) is 2.78. The van der Waals surface area contributed by atoms with Crippen LogP contribution in [-0.2, 0) is 12.2 Å². The Balaban J connectivity index is 1.43. The number of aromatic nitrogens is 3. The number of aryl methyl sites for hydroxylation is 1. The number of benzene rings is 1. The molecule has 0 aliphatic rings. The molecule has 0 radical (unpaired) electrons. The lowest BCUT2D eigenvalue weighted by Crippen LogP contribution is -2.25. The molecule has 0 saturated heterocycles. The van der Waals surface area contributed by atoms with Gasteiger partial charge in [0.25, 0.3) is 11.8 Å². The molecule has 26 heavy (non-hydrogen) atoms. The molecule has 0 aliphatic heterocycles. The number of aliphatic hydroxyl groups is 2. The highest BCUT2D eigenvalue weighted by molar-refractivity contribution is 5.44. The van der Waals surface area contributed by atoms with E-state index in [0.717, 1.165) is 25.7 Å². The van der Waals surface area contributed by atoms with E-state index in [1.54, 1.807) is 24.4 Å². The number of nitrogens with zero attached hydrogens (tertiary/aromatic N) is 3. The third-order valence-electron chi connectivity index (χ3n) is 4.24. The van der Waals surface area contributed by atoms with Crippen molar-refractivity contribution in [3.8, 4) is 11.6 Å². The first-order valence-electron chi connectivity index (χ1n) is 8.89. The van der Waals surface area contributed by atoms with E-state index in [1.807, 2.05) is 18.2 Å². The molecule has 1 aromatic carbocycles. The van der Waals surface area contributed by atoms with Gasteiger partial charge in [-0.3, -0.25) is 4.98 Å². The Kier molecular flexibility index (Phi) is 6.09. The molecule has 0 bridgehead atoms. The van der Waals surface area contributed by atoms with E-state index in [2.05, 4.69) is 27.3 Å². The van der Waals surface area contributed by atoms with Gasteiger partial charge >= 0.3 is 0 Å². The Bertz CT molecular complexity index is 788. The second kappa shape index (κ2) is 8.69. The summed E-state index contributed by atoms with van der Waals surface area (Å²) in [6, 6.07) is 15.7. The van der Waals surface area contributed by atoms with Crippen LogP contribution in [-0.4, -0.2) is 25.4 Å². The lowest BCUT2D eigenvalue weighted by atomic mass is 10.0. The Hall–Kier alpha value is -2.57. The largest absolute Gasteiger partial charge is 0.414 e. The predicted molar refractivity (Wildman–Crippen MR) is 96.9 cm³/mol. The maximum atomic E-state index is 10.2. The summed E-state index contributed by atoms with van der Waals surface area (Å²) in [5.74, 6) is -2.13. The van der Waals surface area contributed by atoms with Crippen molar-refractivity contribution >= 4 is 0 Å².